The number of benzene rings is 3. The van der Waals surface area contributed by atoms with Crippen molar-refractivity contribution in [2.24, 2.45) is 13.0 Å². The number of aliphatic hydroxyl groups is 1. The largest absolute Gasteiger partial charge is 0.392 e. The summed E-state index contributed by atoms with van der Waals surface area (Å²) in [5.74, 6) is -0.0705. The molecule has 204 valence electrons. The van der Waals surface area contributed by atoms with Gasteiger partial charge in [0.1, 0.15) is 0 Å². The van der Waals surface area contributed by atoms with Crippen LogP contribution >= 0.6 is 11.8 Å². The third-order valence-corrected chi connectivity index (χ3v) is 8.40. The number of ether oxygens (including phenoxy) is 2. The number of aromatic nitrogens is 4. The van der Waals surface area contributed by atoms with E-state index in [4.69, 9.17) is 9.47 Å². The summed E-state index contributed by atoms with van der Waals surface area (Å²) in [7, 11) is 1.79. The molecule has 11 heteroatoms. The number of nitrogens with zero attached hydrogens (tertiary/aromatic N) is 5. The Kier molecular flexibility index (Phi) is 7.20. The fraction of sp³-hybridized carbons (Fsp3) is 0.276. The van der Waals surface area contributed by atoms with Crippen LogP contribution in [0.4, 0.5) is 5.69 Å². The molecule has 3 heterocycles. The van der Waals surface area contributed by atoms with Gasteiger partial charge in [-0.05, 0) is 45.8 Å². The van der Waals surface area contributed by atoms with Gasteiger partial charge in [-0.15, -0.1) is 5.10 Å². The first-order valence-corrected chi connectivity index (χ1v) is 13.9. The number of imide groups is 1. The topological polar surface area (TPSA) is 120 Å². The zero-order valence-electron chi connectivity index (χ0n) is 21.9. The number of thioether (sulfide) groups is 1. The fourth-order valence-corrected chi connectivity index (χ4v) is 6.03. The summed E-state index contributed by atoms with van der Waals surface area (Å²) in [4.78, 5) is 27.1. The number of hydrogen-bond donors (Lipinski definition) is 1. The quantitative estimate of drug-likeness (QED) is 0.265. The van der Waals surface area contributed by atoms with E-state index in [2.05, 4.69) is 22.4 Å². The van der Waals surface area contributed by atoms with Crippen molar-refractivity contribution in [3.63, 3.8) is 0 Å². The summed E-state index contributed by atoms with van der Waals surface area (Å²) in [6.07, 6.45) is -1.15. The van der Waals surface area contributed by atoms with Crippen molar-refractivity contribution in [3.8, 4) is 0 Å². The van der Waals surface area contributed by atoms with E-state index in [-0.39, 0.29) is 36.5 Å². The molecule has 1 fully saturated rings. The summed E-state index contributed by atoms with van der Waals surface area (Å²) < 4.78 is 14.6. The molecule has 1 aromatic heterocycles. The number of carbonyl (C=O) groups excluding carboxylic acids is 2. The van der Waals surface area contributed by atoms with E-state index in [1.54, 1.807) is 48.1 Å². The first kappa shape index (κ1) is 26.3. The highest BCUT2D eigenvalue weighted by Gasteiger charge is 2.39. The lowest BCUT2D eigenvalue weighted by atomic mass is 9.91. The molecular weight excluding hydrogens is 530 g/mol. The molecule has 2 aliphatic heterocycles. The Morgan fingerprint density at radius 1 is 0.900 bits per heavy atom. The predicted molar refractivity (Wildman–Crippen MR) is 147 cm³/mol. The number of tetrazole rings is 1. The van der Waals surface area contributed by atoms with Crippen LogP contribution in [0.1, 0.15) is 56.7 Å². The van der Waals surface area contributed by atoms with Gasteiger partial charge in [-0.25, -0.2) is 9.58 Å². The molecule has 6 rings (SSSR count). The van der Waals surface area contributed by atoms with Crippen LogP contribution in [0.5, 0.6) is 0 Å². The minimum absolute atomic E-state index is 0.00235. The van der Waals surface area contributed by atoms with Crippen LogP contribution in [0.15, 0.2) is 78.0 Å². The molecule has 4 atom stereocenters. The van der Waals surface area contributed by atoms with Gasteiger partial charge in [0.2, 0.25) is 5.16 Å². The Morgan fingerprint density at radius 3 is 2.15 bits per heavy atom. The maximum Gasteiger partial charge on any atom is 0.266 e. The molecule has 4 aromatic rings. The van der Waals surface area contributed by atoms with Gasteiger partial charge in [-0.1, -0.05) is 67.2 Å². The lowest BCUT2D eigenvalue weighted by Gasteiger charge is -2.41. The van der Waals surface area contributed by atoms with Gasteiger partial charge < -0.3 is 14.6 Å². The minimum Gasteiger partial charge on any atom is -0.392 e. The number of rotatable bonds is 7. The lowest BCUT2D eigenvalue weighted by Crippen LogP contribution is -2.38. The molecule has 2 amide bonds. The number of fused-ring (bicyclic) bond motifs is 1. The lowest BCUT2D eigenvalue weighted by molar-refractivity contribution is -0.268. The Bertz CT molecular complexity index is 1510. The normalized spacial score (nSPS) is 22.5. The Balaban J connectivity index is 1.26. The molecular formula is C29H27N5O5S. The predicted octanol–water partition coefficient (Wildman–Crippen LogP) is 4.09. The van der Waals surface area contributed by atoms with E-state index in [0.29, 0.717) is 27.7 Å². The zero-order chi connectivity index (χ0) is 27.8. The second-order valence-electron chi connectivity index (χ2n) is 9.80. The molecule has 4 unspecified atom stereocenters. The minimum atomic E-state index is -0.682. The molecule has 0 radical (unpaired) electrons. The molecule has 1 saturated heterocycles. The number of aliphatic hydroxyl groups excluding tert-OH is 1. The monoisotopic (exact) mass is 557 g/mol. The second kappa shape index (κ2) is 10.9. The molecule has 2 aliphatic rings. The van der Waals surface area contributed by atoms with Gasteiger partial charge >= 0.3 is 0 Å². The van der Waals surface area contributed by atoms with Crippen LogP contribution in [-0.2, 0) is 23.1 Å². The average Bonchev–Trinajstić information content (AvgIpc) is 3.52. The Hall–Kier alpha value is -3.90. The second-order valence-corrected chi connectivity index (χ2v) is 10.8. The summed E-state index contributed by atoms with van der Waals surface area (Å²) in [5, 5.41) is 21.8. The van der Waals surface area contributed by atoms with E-state index in [0.717, 1.165) is 16.7 Å². The number of anilines is 1. The summed E-state index contributed by atoms with van der Waals surface area (Å²) in [6, 6.07) is 21.7. The molecule has 0 spiro atoms. The van der Waals surface area contributed by atoms with Crippen LogP contribution in [0.3, 0.4) is 0 Å². The van der Waals surface area contributed by atoms with Crippen LogP contribution < -0.4 is 4.90 Å². The van der Waals surface area contributed by atoms with Crippen molar-refractivity contribution in [2.45, 2.75) is 37.2 Å². The highest BCUT2D eigenvalue weighted by Crippen LogP contribution is 2.43. The molecule has 0 bridgehead atoms. The van der Waals surface area contributed by atoms with Crippen molar-refractivity contribution >= 4 is 29.3 Å². The van der Waals surface area contributed by atoms with Crippen molar-refractivity contribution in [1.29, 1.82) is 0 Å². The smallest absolute Gasteiger partial charge is 0.266 e. The van der Waals surface area contributed by atoms with E-state index in [9.17, 15) is 14.7 Å². The molecule has 3 aromatic carbocycles. The van der Waals surface area contributed by atoms with Gasteiger partial charge in [-0.3, -0.25) is 9.59 Å². The standard InChI is InChI=1S/C29H27N5O5S/c1-17-24(16-40-29-30-31-32-33(29)2)38-28(39-25(17)19-9-7-18(15-35)8-10-19)20-11-13-21(14-12-20)34-26(36)22-5-3-4-6-23(22)27(34)37/h3-14,17,24-25,28,35H,15-16H2,1-2H3. The van der Waals surface area contributed by atoms with Crippen LogP contribution in [0.2, 0.25) is 0 Å². The number of carbonyl (C=O) groups is 2. The maximum absolute atomic E-state index is 12.9. The summed E-state index contributed by atoms with van der Waals surface area (Å²) >= 11 is 1.51. The molecule has 0 aliphatic carbocycles. The number of amides is 2. The van der Waals surface area contributed by atoms with Crippen LogP contribution in [0.25, 0.3) is 0 Å². The van der Waals surface area contributed by atoms with Crippen molar-refractivity contribution < 1.29 is 24.2 Å². The first-order valence-electron chi connectivity index (χ1n) is 12.9. The zero-order valence-corrected chi connectivity index (χ0v) is 22.7. The highest BCUT2D eigenvalue weighted by molar-refractivity contribution is 7.99. The average molecular weight is 558 g/mol. The molecule has 0 saturated carbocycles. The maximum atomic E-state index is 12.9. The number of hydrogen-bond acceptors (Lipinski definition) is 9. The van der Waals surface area contributed by atoms with Crippen LogP contribution in [-0.4, -0.2) is 49.0 Å². The SMILES string of the molecule is CC1C(CSc2nnnn2C)OC(c2ccc(N3C(=O)c4ccccc4C3=O)cc2)OC1c1ccc(CO)cc1. The van der Waals surface area contributed by atoms with Crippen LogP contribution in [0, 0.1) is 5.92 Å². The summed E-state index contributed by atoms with van der Waals surface area (Å²) in [6.45, 7) is 2.06. The van der Waals surface area contributed by atoms with E-state index in [1.165, 1.54) is 16.7 Å². The van der Waals surface area contributed by atoms with E-state index < -0.39 is 6.29 Å². The Labute approximate surface area is 234 Å². The van der Waals surface area contributed by atoms with Crippen molar-refractivity contribution in [2.75, 3.05) is 10.7 Å². The number of aryl methyl sites for hydroxylation is 1. The van der Waals surface area contributed by atoms with E-state index >= 15 is 0 Å². The third kappa shape index (κ3) is 4.81. The molecule has 1 N–H and O–H groups in total. The van der Waals surface area contributed by atoms with Crippen molar-refractivity contribution in [1.82, 2.24) is 20.2 Å². The highest BCUT2D eigenvalue weighted by atomic mass is 32.2. The Morgan fingerprint density at radius 2 is 1.55 bits per heavy atom. The van der Waals surface area contributed by atoms with Gasteiger partial charge in [-0.2, -0.15) is 0 Å². The van der Waals surface area contributed by atoms with Crippen molar-refractivity contribution in [3.05, 3.63) is 101 Å². The van der Waals surface area contributed by atoms with Gasteiger partial charge in [0.25, 0.3) is 11.8 Å². The summed E-state index contributed by atoms with van der Waals surface area (Å²) in [5.41, 5.74) is 3.86. The molecule has 40 heavy (non-hydrogen) atoms. The van der Waals surface area contributed by atoms with Gasteiger partial charge in [0, 0.05) is 24.3 Å². The fourth-order valence-electron chi connectivity index (χ4n) is 5.01. The molecule has 10 nitrogen and oxygen atoms in total. The van der Waals surface area contributed by atoms with Gasteiger partial charge in [0.15, 0.2) is 6.29 Å². The third-order valence-electron chi connectivity index (χ3n) is 7.30. The van der Waals surface area contributed by atoms with E-state index in [1.807, 2.05) is 36.4 Å². The van der Waals surface area contributed by atoms with Gasteiger partial charge in [0.05, 0.1) is 35.6 Å². The first-order chi connectivity index (χ1) is 19.4.